The van der Waals surface area contributed by atoms with E-state index in [1.54, 1.807) is 6.92 Å². The second kappa shape index (κ2) is 9.66. The fourth-order valence-electron chi connectivity index (χ4n) is 5.06. The van der Waals surface area contributed by atoms with Gasteiger partial charge in [0.2, 0.25) is 5.91 Å². The molecule has 35 heavy (non-hydrogen) atoms. The summed E-state index contributed by atoms with van der Waals surface area (Å²) in [4.78, 5) is 24.2. The van der Waals surface area contributed by atoms with Crippen LogP contribution >= 0.6 is 0 Å². The first-order chi connectivity index (χ1) is 16.9. The average Bonchev–Trinajstić information content (AvgIpc) is 3.28. The summed E-state index contributed by atoms with van der Waals surface area (Å²) in [5.74, 6) is 0.0524. The molecule has 1 aromatic carbocycles. The van der Waals surface area contributed by atoms with Crippen molar-refractivity contribution in [2.24, 2.45) is 10.7 Å². The van der Waals surface area contributed by atoms with Crippen molar-refractivity contribution in [3.63, 3.8) is 0 Å². The third-order valence-electron chi connectivity index (χ3n) is 7.05. The molecule has 0 aliphatic carbocycles. The molecule has 5 rings (SSSR count). The quantitative estimate of drug-likeness (QED) is 0.622. The van der Waals surface area contributed by atoms with Gasteiger partial charge in [-0.3, -0.25) is 9.79 Å². The largest absolute Gasteiger partial charge is 0.398 e. The Bertz CT molecular complexity index is 1330. The third kappa shape index (κ3) is 4.73. The molecule has 2 saturated heterocycles. The van der Waals surface area contributed by atoms with Gasteiger partial charge >= 0.3 is 0 Å². The fraction of sp³-hybridized carbons (Fsp3) is 0.393. The van der Waals surface area contributed by atoms with Gasteiger partial charge in [0, 0.05) is 80.2 Å². The van der Waals surface area contributed by atoms with E-state index in [2.05, 4.69) is 32.0 Å². The third-order valence-corrected chi connectivity index (χ3v) is 7.05. The highest BCUT2D eigenvalue weighted by molar-refractivity contribution is 6.08. The van der Waals surface area contributed by atoms with Crippen molar-refractivity contribution in [3.05, 3.63) is 65.0 Å². The van der Waals surface area contributed by atoms with Crippen LogP contribution in [0.5, 0.6) is 0 Å². The molecule has 0 bridgehead atoms. The lowest BCUT2D eigenvalue weighted by molar-refractivity contribution is -0.128. The standard InChI is InChI=1S/C28H33N5O2/c1-18-6-7-22(19(2)15-18)26-17-33-11-4-5-23(28(33)31-26)27(29)24-16-32(20(3)34)12-8-25(24)30-21-9-13-35-14-10-21/h4-7,11,15,17,21H,8-10,12-14,16,29H2,1-3H3. The minimum absolute atomic E-state index is 0.0524. The topological polar surface area (TPSA) is 85.2 Å². The zero-order valence-corrected chi connectivity index (χ0v) is 20.8. The molecule has 2 aliphatic rings. The zero-order valence-electron chi connectivity index (χ0n) is 20.8. The Balaban J connectivity index is 1.60. The Morgan fingerprint density at radius 3 is 2.74 bits per heavy atom. The molecule has 4 heterocycles. The van der Waals surface area contributed by atoms with Gasteiger partial charge < -0.3 is 19.8 Å². The maximum absolute atomic E-state index is 12.2. The number of amides is 1. The second-order valence-corrected chi connectivity index (χ2v) is 9.60. The number of nitrogens with two attached hydrogens (primary N) is 1. The number of aryl methyl sites for hydroxylation is 2. The number of hydrogen-bond donors (Lipinski definition) is 1. The number of carbonyl (C=O) groups excluding carboxylic acids is 1. The van der Waals surface area contributed by atoms with Crippen molar-refractivity contribution in [2.45, 2.75) is 46.1 Å². The average molecular weight is 472 g/mol. The molecule has 7 heteroatoms. The first-order valence-electron chi connectivity index (χ1n) is 12.4. The molecule has 2 fully saturated rings. The molecule has 2 aliphatic heterocycles. The normalized spacial score (nSPS) is 20.0. The lowest BCUT2D eigenvalue weighted by Gasteiger charge is -2.31. The Morgan fingerprint density at radius 2 is 2.00 bits per heavy atom. The highest BCUT2D eigenvalue weighted by atomic mass is 16.5. The molecule has 0 spiro atoms. The van der Waals surface area contributed by atoms with Gasteiger partial charge in [0.15, 0.2) is 0 Å². The van der Waals surface area contributed by atoms with Crippen molar-refractivity contribution in [1.82, 2.24) is 14.3 Å². The molecule has 3 aromatic rings. The van der Waals surface area contributed by atoms with Crippen LogP contribution in [0.3, 0.4) is 0 Å². The molecule has 0 saturated carbocycles. The molecular weight excluding hydrogens is 438 g/mol. The van der Waals surface area contributed by atoms with Gasteiger partial charge in [-0.25, -0.2) is 4.98 Å². The molecule has 2 N–H and O–H groups in total. The lowest BCUT2D eigenvalue weighted by Crippen LogP contribution is -2.40. The summed E-state index contributed by atoms with van der Waals surface area (Å²) in [6.45, 7) is 8.43. The number of ether oxygens (including phenoxy) is 1. The predicted molar refractivity (Wildman–Crippen MR) is 139 cm³/mol. The summed E-state index contributed by atoms with van der Waals surface area (Å²) < 4.78 is 7.54. The maximum atomic E-state index is 12.2. The summed E-state index contributed by atoms with van der Waals surface area (Å²) in [6, 6.07) is 10.6. The number of rotatable bonds is 3. The van der Waals surface area contributed by atoms with Crippen molar-refractivity contribution in [1.29, 1.82) is 0 Å². The Morgan fingerprint density at radius 1 is 1.20 bits per heavy atom. The van der Waals surface area contributed by atoms with Crippen LogP contribution in [0.1, 0.15) is 42.9 Å². The number of piperidine rings is 1. The van der Waals surface area contributed by atoms with Crippen molar-refractivity contribution >= 4 is 23.0 Å². The van der Waals surface area contributed by atoms with Crippen LogP contribution in [-0.4, -0.2) is 58.2 Å². The first kappa shape index (κ1) is 23.3. The highest BCUT2D eigenvalue weighted by Crippen LogP contribution is 2.29. The summed E-state index contributed by atoms with van der Waals surface area (Å²) >= 11 is 0. The van der Waals surface area contributed by atoms with Gasteiger partial charge in [-0.15, -0.1) is 0 Å². The monoisotopic (exact) mass is 471 g/mol. The van der Waals surface area contributed by atoms with E-state index < -0.39 is 0 Å². The summed E-state index contributed by atoms with van der Waals surface area (Å²) in [5, 5.41) is 0. The molecule has 1 amide bonds. The number of nitrogens with zero attached hydrogens (tertiary/aromatic N) is 4. The van der Waals surface area contributed by atoms with Crippen LogP contribution in [0.4, 0.5) is 0 Å². The lowest BCUT2D eigenvalue weighted by atomic mass is 9.96. The number of carbonyl (C=O) groups is 1. The number of likely N-dealkylation sites (tertiary alicyclic amines) is 1. The zero-order chi connectivity index (χ0) is 24.5. The van der Waals surface area contributed by atoms with E-state index in [-0.39, 0.29) is 11.9 Å². The smallest absolute Gasteiger partial charge is 0.219 e. The summed E-state index contributed by atoms with van der Waals surface area (Å²) in [7, 11) is 0. The van der Waals surface area contributed by atoms with Crippen LogP contribution in [0, 0.1) is 13.8 Å². The van der Waals surface area contributed by atoms with Crippen molar-refractivity contribution < 1.29 is 9.53 Å². The molecule has 0 radical (unpaired) electrons. The SMILES string of the molecule is CC(=O)N1CCC(=NC2CCOCC2)C(=C(N)c2cccn3cc(-c4ccc(C)cc4C)nc23)C1. The number of imidazole rings is 1. The Labute approximate surface area is 206 Å². The molecule has 0 unspecified atom stereocenters. The predicted octanol–water partition coefficient (Wildman–Crippen LogP) is 4.16. The number of aliphatic imine (C=N–C) groups is 1. The van der Waals surface area contributed by atoms with Crippen molar-refractivity contribution in [2.75, 3.05) is 26.3 Å². The molecular formula is C28H33N5O2. The molecule has 2 aromatic heterocycles. The summed E-state index contributed by atoms with van der Waals surface area (Å²) in [5.41, 5.74) is 15.6. The van der Waals surface area contributed by atoms with E-state index in [4.69, 9.17) is 20.4 Å². The number of hydrogen-bond acceptors (Lipinski definition) is 5. The van der Waals surface area contributed by atoms with Gasteiger partial charge in [0.25, 0.3) is 0 Å². The first-order valence-corrected chi connectivity index (χ1v) is 12.4. The van der Waals surface area contributed by atoms with Crippen LogP contribution in [-0.2, 0) is 9.53 Å². The second-order valence-electron chi connectivity index (χ2n) is 9.60. The van der Waals surface area contributed by atoms with E-state index in [0.29, 0.717) is 25.2 Å². The minimum Gasteiger partial charge on any atom is -0.398 e. The number of benzene rings is 1. The van der Waals surface area contributed by atoms with Crippen LogP contribution in [0.15, 0.2) is 53.3 Å². The van der Waals surface area contributed by atoms with Gasteiger partial charge in [0.1, 0.15) is 5.65 Å². The van der Waals surface area contributed by atoms with Crippen LogP contribution in [0.2, 0.25) is 0 Å². The van der Waals surface area contributed by atoms with Gasteiger partial charge in [-0.05, 0) is 44.4 Å². The van der Waals surface area contributed by atoms with E-state index in [0.717, 1.165) is 59.8 Å². The van der Waals surface area contributed by atoms with Gasteiger partial charge in [-0.1, -0.05) is 23.8 Å². The van der Waals surface area contributed by atoms with Crippen molar-refractivity contribution in [3.8, 4) is 11.3 Å². The Hall–Kier alpha value is -3.45. The fourth-order valence-corrected chi connectivity index (χ4v) is 5.06. The molecule has 7 nitrogen and oxygen atoms in total. The van der Waals surface area contributed by atoms with E-state index in [1.165, 1.54) is 11.1 Å². The maximum Gasteiger partial charge on any atom is 0.219 e. The number of aromatic nitrogens is 2. The van der Waals surface area contributed by atoms with E-state index >= 15 is 0 Å². The van der Waals surface area contributed by atoms with Crippen LogP contribution in [0.25, 0.3) is 22.6 Å². The van der Waals surface area contributed by atoms with Gasteiger partial charge in [-0.2, -0.15) is 0 Å². The summed E-state index contributed by atoms with van der Waals surface area (Å²) in [6.07, 6.45) is 6.59. The number of fused-ring (bicyclic) bond motifs is 1. The van der Waals surface area contributed by atoms with Gasteiger partial charge in [0.05, 0.1) is 11.7 Å². The molecule has 0 atom stereocenters. The molecule has 182 valence electrons. The van der Waals surface area contributed by atoms with Crippen LogP contribution < -0.4 is 5.73 Å². The Kier molecular flexibility index (Phi) is 6.43. The van der Waals surface area contributed by atoms with E-state index in [9.17, 15) is 4.79 Å². The minimum atomic E-state index is 0.0524. The number of pyridine rings is 1. The van der Waals surface area contributed by atoms with E-state index in [1.807, 2.05) is 33.8 Å². The highest BCUT2D eigenvalue weighted by Gasteiger charge is 2.26.